The number of carbonyl (C=O) groups excluding carboxylic acids is 2. The van der Waals surface area contributed by atoms with Crippen LogP contribution in [0.1, 0.15) is 58.7 Å². The quantitative estimate of drug-likeness (QED) is 0.695. The monoisotopic (exact) mass is 394 g/mol. The molecule has 1 aromatic carbocycles. The fraction of sp³-hybridized carbons (Fsp3) is 0.619. The summed E-state index contributed by atoms with van der Waals surface area (Å²) in [5.41, 5.74) is 0.243. The first-order valence-corrected chi connectivity index (χ1v) is 9.50. The van der Waals surface area contributed by atoms with E-state index in [1.165, 1.54) is 12.1 Å². The smallest absolute Gasteiger partial charge is 0.410 e. The van der Waals surface area contributed by atoms with E-state index in [0.29, 0.717) is 18.7 Å². The summed E-state index contributed by atoms with van der Waals surface area (Å²) in [5, 5.41) is 0. The molecule has 0 radical (unpaired) electrons. The minimum atomic E-state index is -0.637. The molecule has 0 saturated carbocycles. The molecule has 1 aliphatic rings. The molecule has 0 N–H and O–H groups in total. The molecule has 1 fully saturated rings. The van der Waals surface area contributed by atoms with Crippen LogP contribution in [-0.2, 0) is 9.47 Å². The van der Waals surface area contributed by atoms with Gasteiger partial charge in [-0.15, -0.1) is 0 Å². The number of halogens is 1. The lowest BCUT2D eigenvalue weighted by Gasteiger charge is -2.42. The first-order valence-electron chi connectivity index (χ1n) is 9.50. The van der Waals surface area contributed by atoms with Crippen LogP contribution in [0.4, 0.5) is 14.0 Å². The van der Waals surface area contributed by atoms with Gasteiger partial charge in [0.15, 0.2) is 0 Å². The number of amides is 2. The van der Waals surface area contributed by atoms with Gasteiger partial charge in [0, 0.05) is 19.6 Å². The van der Waals surface area contributed by atoms with Crippen molar-refractivity contribution in [2.75, 3.05) is 19.6 Å². The third-order valence-corrected chi connectivity index (χ3v) is 4.25. The summed E-state index contributed by atoms with van der Waals surface area (Å²) >= 11 is 0. The normalized spacial score (nSPS) is 18.1. The van der Waals surface area contributed by atoms with Crippen LogP contribution in [0.15, 0.2) is 18.2 Å². The fourth-order valence-corrected chi connectivity index (χ4v) is 3.09. The van der Waals surface area contributed by atoms with Gasteiger partial charge in [0.1, 0.15) is 17.0 Å². The van der Waals surface area contributed by atoms with E-state index in [2.05, 4.69) is 0 Å². The number of aryl methyl sites for hydroxylation is 1. The van der Waals surface area contributed by atoms with Gasteiger partial charge in [0.05, 0.1) is 6.04 Å². The Morgan fingerprint density at radius 3 is 2.11 bits per heavy atom. The molecule has 1 atom stereocenters. The molecule has 1 aliphatic heterocycles. The van der Waals surface area contributed by atoms with Crippen LogP contribution in [-0.4, -0.2) is 52.8 Å². The molecule has 6 nitrogen and oxygen atoms in total. The molecule has 2 rings (SSSR count). The molecule has 0 aliphatic carbocycles. The lowest BCUT2D eigenvalue weighted by Crippen LogP contribution is -2.54. The largest absolute Gasteiger partial charge is 0.444 e. The van der Waals surface area contributed by atoms with Gasteiger partial charge in [-0.25, -0.2) is 14.0 Å². The van der Waals surface area contributed by atoms with Crippen molar-refractivity contribution in [3.63, 3.8) is 0 Å². The maximum atomic E-state index is 13.6. The molecular formula is C21H31FN2O4. The first-order chi connectivity index (χ1) is 12.8. The Morgan fingerprint density at radius 2 is 1.57 bits per heavy atom. The molecular weight excluding hydrogens is 363 g/mol. The third-order valence-electron chi connectivity index (χ3n) is 4.25. The molecule has 28 heavy (non-hydrogen) atoms. The summed E-state index contributed by atoms with van der Waals surface area (Å²) < 4.78 is 24.6. The zero-order chi connectivity index (χ0) is 21.3. The van der Waals surface area contributed by atoms with Crippen molar-refractivity contribution in [2.24, 2.45) is 0 Å². The summed E-state index contributed by atoms with van der Waals surface area (Å²) in [7, 11) is 0. The topological polar surface area (TPSA) is 59.1 Å². The lowest BCUT2D eigenvalue weighted by molar-refractivity contribution is -0.0153. The zero-order valence-corrected chi connectivity index (χ0v) is 17.8. The number of piperazine rings is 1. The minimum absolute atomic E-state index is 0.251. The Bertz CT molecular complexity index is 737. The number of rotatable bonds is 1. The van der Waals surface area contributed by atoms with Crippen molar-refractivity contribution in [1.82, 2.24) is 9.80 Å². The van der Waals surface area contributed by atoms with Crippen molar-refractivity contribution in [3.05, 3.63) is 35.1 Å². The lowest BCUT2D eigenvalue weighted by atomic mass is 9.98. The fourth-order valence-electron chi connectivity index (χ4n) is 3.09. The van der Waals surface area contributed by atoms with Crippen molar-refractivity contribution >= 4 is 12.2 Å². The summed E-state index contributed by atoms with van der Waals surface area (Å²) in [5.74, 6) is -0.343. The predicted octanol–water partition coefficient (Wildman–Crippen LogP) is 4.66. The molecule has 0 unspecified atom stereocenters. The molecule has 1 aromatic rings. The number of nitrogens with zero attached hydrogens (tertiary/aromatic N) is 2. The second-order valence-electron chi connectivity index (χ2n) is 9.12. The van der Waals surface area contributed by atoms with Crippen LogP contribution in [0.3, 0.4) is 0 Å². The Labute approximate surface area is 166 Å². The highest BCUT2D eigenvalue weighted by molar-refractivity contribution is 5.71. The molecule has 1 saturated heterocycles. The molecule has 1 heterocycles. The van der Waals surface area contributed by atoms with Gasteiger partial charge in [-0.1, -0.05) is 6.07 Å². The second kappa shape index (κ2) is 7.97. The summed E-state index contributed by atoms with van der Waals surface area (Å²) in [6, 6.07) is 4.00. The van der Waals surface area contributed by atoms with Crippen molar-refractivity contribution in [3.8, 4) is 0 Å². The maximum absolute atomic E-state index is 13.6. The van der Waals surface area contributed by atoms with E-state index in [4.69, 9.17) is 9.47 Å². The highest BCUT2D eigenvalue weighted by atomic mass is 19.1. The van der Waals surface area contributed by atoms with Crippen LogP contribution in [0, 0.1) is 12.7 Å². The highest BCUT2D eigenvalue weighted by Crippen LogP contribution is 2.30. The zero-order valence-electron chi connectivity index (χ0n) is 17.8. The SMILES string of the molecule is Cc1cc(F)ccc1[C@H]1CN(C(=O)OC(C)(C)C)CCN1C(=O)OC(C)(C)C. The van der Waals surface area contributed by atoms with E-state index in [-0.39, 0.29) is 12.4 Å². The van der Waals surface area contributed by atoms with Crippen LogP contribution < -0.4 is 0 Å². The summed E-state index contributed by atoms with van der Waals surface area (Å²) in [6.07, 6.45) is -0.883. The van der Waals surface area contributed by atoms with E-state index in [9.17, 15) is 14.0 Å². The Morgan fingerprint density at radius 1 is 1.00 bits per heavy atom. The number of ether oxygens (including phenoxy) is 2. The van der Waals surface area contributed by atoms with Crippen molar-refractivity contribution in [2.45, 2.75) is 65.7 Å². The second-order valence-corrected chi connectivity index (χ2v) is 9.12. The van der Waals surface area contributed by atoms with E-state index < -0.39 is 29.4 Å². The van der Waals surface area contributed by atoms with Gasteiger partial charge in [0.2, 0.25) is 0 Å². The van der Waals surface area contributed by atoms with Crippen LogP contribution in [0.5, 0.6) is 0 Å². The number of benzene rings is 1. The Kier molecular flexibility index (Phi) is 6.26. The van der Waals surface area contributed by atoms with Crippen LogP contribution >= 0.6 is 0 Å². The standard InChI is InChI=1S/C21H31FN2O4/c1-14-12-15(22)8-9-16(14)17-13-23(18(25)27-20(2,3)4)10-11-24(17)19(26)28-21(5,6)7/h8-9,12,17H,10-11,13H2,1-7H3/t17-/m1/s1. The number of hydrogen-bond acceptors (Lipinski definition) is 4. The average molecular weight is 394 g/mol. The van der Waals surface area contributed by atoms with Crippen LogP contribution in [0.2, 0.25) is 0 Å². The van der Waals surface area contributed by atoms with Crippen molar-refractivity contribution in [1.29, 1.82) is 0 Å². The summed E-state index contributed by atoms with van der Waals surface area (Å²) in [4.78, 5) is 28.5. The van der Waals surface area contributed by atoms with E-state index >= 15 is 0 Å². The van der Waals surface area contributed by atoms with Gasteiger partial charge in [0.25, 0.3) is 0 Å². The molecule has 0 bridgehead atoms. The predicted molar refractivity (Wildman–Crippen MR) is 105 cm³/mol. The maximum Gasteiger partial charge on any atom is 0.410 e. The molecule has 0 aromatic heterocycles. The van der Waals surface area contributed by atoms with E-state index in [1.807, 2.05) is 20.8 Å². The first kappa shape index (κ1) is 22.0. The minimum Gasteiger partial charge on any atom is -0.444 e. The molecule has 7 heteroatoms. The van der Waals surface area contributed by atoms with Crippen molar-refractivity contribution < 1.29 is 23.5 Å². The highest BCUT2D eigenvalue weighted by Gasteiger charge is 2.37. The van der Waals surface area contributed by atoms with E-state index in [1.54, 1.807) is 43.6 Å². The van der Waals surface area contributed by atoms with Gasteiger partial charge >= 0.3 is 12.2 Å². The molecule has 2 amide bonds. The number of carbonyl (C=O) groups is 2. The summed E-state index contributed by atoms with van der Waals surface area (Å²) in [6.45, 7) is 13.5. The van der Waals surface area contributed by atoms with Gasteiger partial charge < -0.3 is 14.4 Å². The van der Waals surface area contributed by atoms with Crippen LogP contribution in [0.25, 0.3) is 0 Å². The van der Waals surface area contributed by atoms with Gasteiger partial charge in [-0.05, 0) is 71.7 Å². The Balaban J connectivity index is 2.31. The molecule has 0 spiro atoms. The van der Waals surface area contributed by atoms with Gasteiger partial charge in [-0.2, -0.15) is 0 Å². The third kappa shape index (κ3) is 5.84. The van der Waals surface area contributed by atoms with E-state index in [0.717, 1.165) is 5.56 Å². The molecule has 156 valence electrons. The van der Waals surface area contributed by atoms with Gasteiger partial charge in [-0.3, -0.25) is 4.90 Å². The Hall–Kier alpha value is -2.31. The average Bonchev–Trinajstić information content (AvgIpc) is 2.51. The number of hydrogen-bond donors (Lipinski definition) is 0.